The highest BCUT2D eigenvalue weighted by Crippen LogP contribution is 2.21. The fourth-order valence-corrected chi connectivity index (χ4v) is 2.71. The molecule has 1 fully saturated rings. The number of pyridine rings is 1. The summed E-state index contributed by atoms with van der Waals surface area (Å²) in [5.41, 5.74) is 0.815. The van der Waals surface area contributed by atoms with Crippen LogP contribution in [0, 0.1) is 5.82 Å². The number of rotatable bonds is 3. The first-order valence-electron chi connectivity index (χ1n) is 7.32. The lowest BCUT2D eigenvalue weighted by Crippen LogP contribution is -2.43. The maximum Gasteiger partial charge on any atom is 0.261 e. The van der Waals surface area contributed by atoms with Crippen molar-refractivity contribution in [2.24, 2.45) is 0 Å². The largest absolute Gasteiger partial charge is 0.368 e. The Hall–Kier alpha value is -1.89. The number of anilines is 2. The van der Waals surface area contributed by atoms with Gasteiger partial charge in [-0.25, -0.2) is 9.37 Å². The second kappa shape index (κ2) is 8.28. The fourth-order valence-electron chi connectivity index (χ4n) is 2.46. The van der Waals surface area contributed by atoms with Crippen LogP contribution < -0.4 is 15.5 Å². The minimum absolute atomic E-state index is 0. The van der Waals surface area contributed by atoms with E-state index in [2.05, 4.69) is 20.5 Å². The molecule has 2 heterocycles. The molecule has 1 saturated heterocycles. The van der Waals surface area contributed by atoms with E-state index in [4.69, 9.17) is 11.6 Å². The maximum atomic E-state index is 13.7. The predicted molar refractivity (Wildman–Crippen MR) is 95.9 cm³/mol. The summed E-state index contributed by atoms with van der Waals surface area (Å²) in [7, 11) is 0. The van der Waals surface area contributed by atoms with Gasteiger partial charge in [-0.2, -0.15) is 0 Å². The standard InChI is InChI=1S/C16H16ClFN4O.ClH/c17-12-2-1-3-13(18)15(12)16(23)21-14-5-4-11(10-20-14)22-8-6-19-7-9-22;/h1-5,10,19H,6-9H2,(H,20,21,23);1H. The predicted octanol–water partition coefficient (Wildman–Crippen LogP) is 2.96. The molecule has 3 rings (SSSR count). The summed E-state index contributed by atoms with van der Waals surface area (Å²) in [5.74, 6) is -0.920. The molecule has 0 bridgehead atoms. The first kappa shape index (κ1) is 18.4. The number of nitrogens with one attached hydrogen (secondary N) is 2. The van der Waals surface area contributed by atoms with Crippen molar-refractivity contribution in [3.8, 4) is 0 Å². The number of benzene rings is 1. The van der Waals surface area contributed by atoms with Gasteiger partial charge in [0.1, 0.15) is 11.6 Å². The quantitative estimate of drug-likeness (QED) is 0.871. The number of hydrogen-bond acceptors (Lipinski definition) is 4. The van der Waals surface area contributed by atoms with Gasteiger partial charge in [-0.1, -0.05) is 17.7 Å². The van der Waals surface area contributed by atoms with E-state index in [9.17, 15) is 9.18 Å². The Bertz CT molecular complexity index is 685. The zero-order valence-corrected chi connectivity index (χ0v) is 14.3. The molecule has 1 aromatic carbocycles. The number of hydrogen-bond donors (Lipinski definition) is 2. The van der Waals surface area contributed by atoms with Gasteiger partial charge in [-0.15, -0.1) is 12.4 Å². The van der Waals surface area contributed by atoms with E-state index in [1.807, 2.05) is 6.07 Å². The average molecular weight is 371 g/mol. The zero-order valence-electron chi connectivity index (χ0n) is 12.8. The van der Waals surface area contributed by atoms with Crippen LogP contribution in [-0.4, -0.2) is 37.1 Å². The molecular weight excluding hydrogens is 354 g/mol. The second-order valence-corrected chi connectivity index (χ2v) is 5.60. The average Bonchev–Trinajstić information content (AvgIpc) is 2.56. The summed E-state index contributed by atoms with van der Waals surface area (Å²) >= 11 is 5.88. The van der Waals surface area contributed by atoms with Crippen molar-refractivity contribution in [1.29, 1.82) is 0 Å². The summed E-state index contributed by atoms with van der Waals surface area (Å²) in [6, 6.07) is 7.71. The van der Waals surface area contributed by atoms with E-state index in [1.54, 1.807) is 12.3 Å². The fraction of sp³-hybridized carbons (Fsp3) is 0.250. The molecule has 24 heavy (non-hydrogen) atoms. The van der Waals surface area contributed by atoms with Gasteiger partial charge in [-0.3, -0.25) is 4.79 Å². The Morgan fingerprint density at radius 2 is 2.00 bits per heavy atom. The van der Waals surface area contributed by atoms with E-state index in [1.165, 1.54) is 18.2 Å². The van der Waals surface area contributed by atoms with E-state index in [-0.39, 0.29) is 23.0 Å². The second-order valence-electron chi connectivity index (χ2n) is 5.19. The molecule has 0 radical (unpaired) electrons. The normalized spacial score (nSPS) is 14.0. The summed E-state index contributed by atoms with van der Waals surface area (Å²) in [5, 5.41) is 5.92. The monoisotopic (exact) mass is 370 g/mol. The molecular formula is C16H17Cl2FN4O. The van der Waals surface area contributed by atoms with Crippen molar-refractivity contribution >= 4 is 41.4 Å². The number of piperazine rings is 1. The van der Waals surface area contributed by atoms with Gasteiger partial charge in [0, 0.05) is 26.2 Å². The van der Waals surface area contributed by atoms with Crippen LogP contribution in [0.5, 0.6) is 0 Å². The van der Waals surface area contributed by atoms with Crippen molar-refractivity contribution < 1.29 is 9.18 Å². The number of amides is 1. The molecule has 128 valence electrons. The van der Waals surface area contributed by atoms with Crippen LogP contribution in [0.2, 0.25) is 5.02 Å². The number of halogens is 3. The molecule has 0 aliphatic carbocycles. The summed E-state index contributed by atoms with van der Waals surface area (Å²) in [6.07, 6.45) is 1.70. The van der Waals surface area contributed by atoms with E-state index in [0.29, 0.717) is 5.82 Å². The van der Waals surface area contributed by atoms with Crippen LogP contribution in [0.3, 0.4) is 0 Å². The van der Waals surface area contributed by atoms with Gasteiger partial charge < -0.3 is 15.5 Å². The number of nitrogens with zero attached hydrogens (tertiary/aromatic N) is 2. The lowest BCUT2D eigenvalue weighted by atomic mass is 10.2. The topological polar surface area (TPSA) is 57.3 Å². The van der Waals surface area contributed by atoms with Crippen molar-refractivity contribution in [2.75, 3.05) is 36.4 Å². The molecule has 2 aromatic rings. The highest BCUT2D eigenvalue weighted by atomic mass is 35.5. The van der Waals surface area contributed by atoms with Gasteiger partial charge in [0.15, 0.2) is 0 Å². The molecule has 0 saturated carbocycles. The molecule has 1 aliphatic rings. The van der Waals surface area contributed by atoms with Crippen LogP contribution in [0.15, 0.2) is 36.5 Å². The minimum Gasteiger partial charge on any atom is -0.368 e. The van der Waals surface area contributed by atoms with Crippen LogP contribution in [0.4, 0.5) is 15.9 Å². The molecule has 5 nitrogen and oxygen atoms in total. The molecule has 1 aromatic heterocycles. The Labute approximate surface area is 150 Å². The molecule has 0 spiro atoms. The highest BCUT2D eigenvalue weighted by molar-refractivity contribution is 6.34. The Balaban J connectivity index is 0.00000208. The lowest BCUT2D eigenvalue weighted by Gasteiger charge is -2.29. The van der Waals surface area contributed by atoms with Gasteiger partial charge in [0.2, 0.25) is 0 Å². The van der Waals surface area contributed by atoms with Crippen LogP contribution in [0.25, 0.3) is 0 Å². The van der Waals surface area contributed by atoms with E-state index in [0.717, 1.165) is 31.9 Å². The van der Waals surface area contributed by atoms with Gasteiger partial charge in [0.25, 0.3) is 5.91 Å². The third-order valence-corrected chi connectivity index (χ3v) is 3.98. The SMILES string of the molecule is Cl.O=C(Nc1ccc(N2CCNCC2)cn1)c1c(F)cccc1Cl. The lowest BCUT2D eigenvalue weighted by molar-refractivity contribution is 0.102. The first-order valence-corrected chi connectivity index (χ1v) is 7.70. The van der Waals surface area contributed by atoms with Crippen molar-refractivity contribution in [3.05, 3.63) is 52.9 Å². The Morgan fingerprint density at radius 1 is 1.25 bits per heavy atom. The van der Waals surface area contributed by atoms with Gasteiger partial charge in [0.05, 0.1) is 22.5 Å². The van der Waals surface area contributed by atoms with Gasteiger partial charge >= 0.3 is 0 Å². The zero-order chi connectivity index (χ0) is 16.2. The van der Waals surface area contributed by atoms with Crippen LogP contribution in [-0.2, 0) is 0 Å². The van der Waals surface area contributed by atoms with Crippen LogP contribution in [0.1, 0.15) is 10.4 Å². The molecule has 0 atom stereocenters. The van der Waals surface area contributed by atoms with Crippen molar-refractivity contribution in [3.63, 3.8) is 0 Å². The summed E-state index contributed by atoms with van der Waals surface area (Å²) < 4.78 is 13.7. The Morgan fingerprint density at radius 3 is 2.62 bits per heavy atom. The molecule has 1 aliphatic heterocycles. The van der Waals surface area contributed by atoms with E-state index < -0.39 is 11.7 Å². The maximum absolute atomic E-state index is 13.7. The molecule has 2 N–H and O–H groups in total. The summed E-state index contributed by atoms with van der Waals surface area (Å²) in [6.45, 7) is 3.70. The molecule has 0 unspecified atom stereocenters. The summed E-state index contributed by atoms with van der Waals surface area (Å²) in [4.78, 5) is 18.6. The molecule has 8 heteroatoms. The molecule has 1 amide bonds. The Kier molecular flexibility index (Phi) is 6.36. The van der Waals surface area contributed by atoms with Crippen molar-refractivity contribution in [2.45, 2.75) is 0 Å². The number of carbonyl (C=O) groups is 1. The van der Waals surface area contributed by atoms with Crippen molar-refractivity contribution in [1.82, 2.24) is 10.3 Å². The smallest absolute Gasteiger partial charge is 0.261 e. The minimum atomic E-state index is -0.660. The third kappa shape index (κ3) is 4.14. The number of aromatic nitrogens is 1. The highest BCUT2D eigenvalue weighted by Gasteiger charge is 2.16. The van der Waals surface area contributed by atoms with Crippen LogP contribution >= 0.6 is 24.0 Å². The third-order valence-electron chi connectivity index (χ3n) is 3.66. The van der Waals surface area contributed by atoms with Gasteiger partial charge in [-0.05, 0) is 24.3 Å². The first-order chi connectivity index (χ1) is 11.1. The number of carbonyl (C=O) groups excluding carboxylic acids is 1. The van der Waals surface area contributed by atoms with E-state index >= 15 is 0 Å².